The van der Waals surface area contributed by atoms with Gasteiger partial charge >= 0.3 is 6.01 Å². The second kappa shape index (κ2) is 4.64. The smallest absolute Gasteiger partial charge is 0.315 e. The molecule has 0 spiro atoms. The van der Waals surface area contributed by atoms with Crippen LogP contribution in [-0.4, -0.2) is 21.8 Å². The summed E-state index contributed by atoms with van der Waals surface area (Å²) < 4.78 is 5.55. The van der Waals surface area contributed by atoms with Crippen LogP contribution in [0.4, 0.5) is 6.01 Å². The maximum absolute atomic E-state index is 5.55. The first kappa shape index (κ1) is 12.4. The van der Waals surface area contributed by atoms with Crippen LogP contribution in [0, 0.1) is 5.92 Å². The Morgan fingerprint density at radius 3 is 2.65 bits per heavy atom. The summed E-state index contributed by atoms with van der Waals surface area (Å²) in [5.41, 5.74) is 0.0509. The molecular weight excluding hydrogens is 216 g/mol. The van der Waals surface area contributed by atoms with Crippen molar-refractivity contribution in [3.8, 4) is 0 Å². The molecule has 1 aromatic heterocycles. The molecule has 5 nitrogen and oxygen atoms in total. The van der Waals surface area contributed by atoms with Crippen molar-refractivity contribution in [3.05, 3.63) is 5.89 Å². The summed E-state index contributed by atoms with van der Waals surface area (Å²) in [7, 11) is 0. The monoisotopic (exact) mass is 238 g/mol. The highest BCUT2D eigenvalue weighted by atomic mass is 16.4. The third-order valence-corrected chi connectivity index (χ3v) is 3.16. The van der Waals surface area contributed by atoms with Gasteiger partial charge in [-0.05, 0) is 32.6 Å². The molecule has 1 aliphatic rings. The number of anilines is 1. The van der Waals surface area contributed by atoms with Crippen molar-refractivity contribution in [2.75, 3.05) is 5.32 Å². The minimum Gasteiger partial charge on any atom is -0.407 e. The fraction of sp³-hybridized carbons (Fsp3) is 0.833. The Morgan fingerprint density at radius 2 is 2.06 bits per heavy atom. The van der Waals surface area contributed by atoms with Gasteiger partial charge < -0.3 is 15.1 Å². The summed E-state index contributed by atoms with van der Waals surface area (Å²) in [5, 5.41) is 14.6. The molecular formula is C12H22N4O. The molecule has 0 aliphatic heterocycles. The fourth-order valence-corrected chi connectivity index (χ4v) is 1.85. The zero-order valence-corrected chi connectivity index (χ0v) is 11.1. The van der Waals surface area contributed by atoms with Crippen LogP contribution in [-0.2, 0) is 6.54 Å². The van der Waals surface area contributed by atoms with E-state index in [2.05, 4.69) is 48.5 Å². The first-order valence-corrected chi connectivity index (χ1v) is 6.31. The van der Waals surface area contributed by atoms with Crippen LogP contribution in [0.2, 0.25) is 0 Å². The van der Waals surface area contributed by atoms with Crippen LogP contribution in [0.3, 0.4) is 0 Å². The van der Waals surface area contributed by atoms with E-state index in [0.717, 1.165) is 5.92 Å². The van der Waals surface area contributed by atoms with Crippen molar-refractivity contribution < 1.29 is 4.42 Å². The van der Waals surface area contributed by atoms with Gasteiger partial charge in [-0.2, -0.15) is 0 Å². The molecule has 0 unspecified atom stereocenters. The van der Waals surface area contributed by atoms with E-state index < -0.39 is 0 Å². The van der Waals surface area contributed by atoms with E-state index in [1.807, 2.05) is 0 Å². The molecule has 5 heteroatoms. The summed E-state index contributed by atoms with van der Waals surface area (Å²) in [5.74, 6) is 1.36. The van der Waals surface area contributed by atoms with Crippen LogP contribution in [0.1, 0.15) is 46.4 Å². The average molecular weight is 238 g/mol. The van der Waals surface area contributed by atoms with E-state index in [0.29, 0.717) is 24.5 Å². The molecule has 1 fully saturated rings. The van der Waals surface area contributed by atoms with Crippen molar-refractivity contribution >= 4 is 6.01 Å². The lowest BCUT2D eigenvalue weighted by molar-refractivity contribution is 0.430. The third kappa shape index (κ3) is 3.43. The van der Waals surface area contributed by atoms with Crippen molar-refractivity contribution in [1.82, 2.24) is 15.5 Å². The van der Waals surface area contributed by atoms with Gasteiger partial charge in [0.25, 0.3) is 0 Å². The molecule has 1 aliphatic carbocycles. The summed E-state index contributed by atoms with van der Waals surface area (Å²) in [6.07, 6.45) is 2.58. The molecule has 17 heavy (non-hydrogen) atoms. The Kier molecular flexibility index (Phi) is 3.38. The zero-order chi connectivity index (χ0) is 12.5. The summed E-state index contributed by atoms with van der Waals surface area (Å²) in [6.45, 7) is 9.16. The Morgan fingerprint density at radius 1 is 1.35 bits per heavy atom. The maximum atomic E-state index is 5.55. The minimum atomic E-state index is 0.0509. The Bertz CT molecular complexity index is 368. The summed E-state index contributed by atoms with van der Waals surface area (Å²) in [4.78, 5) is 0. The maximum Gasteiger partial charge on any atom is 0.315 e. The molecule has 0 amide bonds. The highest BCUT2D eigenvalue weighted by Gasteiger charge is 2.38. The third-order valence-electron chi connectivity index (χ3n) is 3.16. The number of nitrogens with zero attached hydrogens (tertiary/aromatic N) is 2. The van der Waals surface area contributed by atoms with E-state index in [9.17, 15) is 0 Å². The van der Waals surface area contributed by atoms with Gasteiger partial charge in [0.1, 0.15) is 0 Å². The molecule has 0 saturated heterocycles. The van der Waals surface area contributed by atoms with Gasteiger partial charge in [-0.3, -0.25) is 0 Å². The van der Waals surface area contributed by atoms with Crippen LogP contribution < -0.4 is 10.6 Å². The second-order valence-electron chi connectivity index (χ2n) is 5.66. The number of aromatic nitrogens is 2. The topological polar surface area (TPSA) is 63.0 Å². The van der Waals surface area contributed by atoms with E-state index in [4.69, 9.17) is 4.42 Å². The van der Waals surface area contributed by atoms with E-state index >= 15 is 0 Å². The van der Waals surface area contributed by atoms with Crippen molar-refractivity contribution in [2.45, 2.75) is 58.7 Å². The number of rotatable bonds is 6. The largest absolute Gasteiger partial charge is 0.407 e. The molecule has 96 valence electrons. The van der Waals surface area contributed by atoms with Gasteiger partial charge in [-0.25, -0.2) is 0 Å². The van der Waals surface area contributed by atoms with Crippen molar-refractivity contribution in [2.24, 2.45) is 5.92 Å². The van der Waals surface area contributed by atoms with Gasteiger partial charge in [0.15, 0.2) is 0 Å². The standard InChI is InChI=1S/C12H22N4O/c1-8(2)13-7-10-15-16-11(17-10)14-12(3,4)9-5-6-9/h8-9,13H,5-7H2,1-4H3,(H,14,16). The molecule has 1 aromatic rings. The SMILES string of the molecule is CC(C)NCc1nnc(NC(C)(C)C2CC2)o1. The summed E-state index contributed by atoms with van der Waals surface area (Å²) >= 11 is 0. The molecule has 1 saturated carbocycles. The van der Waals surface area contributed by atoms with Crippen LogP contribution in [0.15, 0.2) is 4.42 Å². The highest BCUT2D eigenvalue weighted by Crippen LogP contribution is 2.40. The zero-order valence-electron chi connectivity index (χ0n) is 11.1. The van der Waals surface area contributed by atoms with Crippen molar-refractivity contribution in [1.29, 1.82) is 0 Å². The molecule has 0 aromatic carbocycles. The lowest BCUT2D eigenvalue weighted by Crippen LogP contribution is -2.33. The fourth-order valence-electron chi connectivity index (χ4n) is 1.85. The normalized spacial score (nSPS) is 16.5. The molecule has 0 atom stereocenters. The number of hydrogen-bond acceptors (Lipinski definition) is 5. The van der Waals surface area contributed by atoms with Gasteiger partial charge in [-0.1, -0.05) is 18.9 Å². The van der Waals surface area contributed by atoms with Crippen LogP contribution in [0.5, 0.6) is 0 Å². The predicted molar refractivity (Wildman–Crippen MR) is 66.7 cm³/mol. The average Bonchev–Trinajstić information content (AvgIpc) is 2.99. The predicted octanol–water partition coefficient (Wildman–Crippen LogP) is 2.17. The first-order valence-electron chi connectivity index (χ1n) is 6.31. The lowest BCUT2D eigenvalue weighted by Gasteiger charge is -2.24. The molecule has 1 heterocycles. The van der Waals surface area contributed by atoms with Gasteiger partial charge in [0.2, 0.25) is 5.89 Å². The van der Waals surface area contributed by atoms with Crippen LogP contribution in [0.25, 0.3) is 0 Å². The van der Waals surface area contributed by atoms with E-state index in [1.165, 1.54) is 12.8 Å². The minimum absolute atomic E-state index is 0.0509. The number of hydrogen-bond donors (Lipinski definition) is 2. The van der Waals surface area contributed by atoms with Crippen molar-refractivity contribution in [3.63, 3.8) is 0 Å². The van der Waals surface area contributed by atoms with Gasteiger partial charge in [0.05, 0.1) is 6.54 Å². The Hall–Kier alpha value is -1.10. The summed E-state index contributed by atoms with van der Waals surface area (Å²) in [6, 6.07) is 0.948. The molecule has 2 N–H and O–H groups in total. The lowest BCUT2D eigenvalue weighted by atomic mass is 9.99. The quantitative estimate of drug-likeness (QED) is 0.795. The number of nitrogens with one attached hydrogen (secondary N) is 2. The second-order valence-corrected chi connectivity index (χ2v) is 5.66. The van der Waals surface area contributed by atoms with E-state index in [1.54, 1.807) is 0 Å². The molecule has 2 rings (SSSR count). The first-order chi connectivity index (χ1) is 7.97. The highest BCUT2D eigenvalue weighted by molar-refractivity contribution is 5.25. The van der Waals surface area contributed by atoms with E-state index in [-0.39, 0.29) is 5.54 Å². The molecule has 0 radical (unpaired) electrons. The van der Waals surface area contributed by atoms with Gasteiger partial charge in [-0.15, -0.1) is 5.10 Å². The van der Waals surface area contributed by atoms with Crippen LogP contribution >= 0.6 is 0 Å². The Balaban J connectivity index is 1.89. The van der Waals surface area contributed by atoms with Gasteiger partial charge in [0, 0.05) is 11.6 Å². The molecule has 0 bridgehead atoms. The Labute approximate surface area is 102 Å².